The molecule has 0 aliphatic heterocycles. The molecule has 136 valence electrons. The number of nitrogens with two attached hydrogens (primary N) is 2. The topological polar surface area (TPSA) is 161 Å². The Bertz CT molecular complexity index is 960. The van der Waals surface area contributed by atoms with E-state index in [1.807, 2.05) is 0 Å². The largest absolute Gasteiger partial charge is 0.399 e. The van der Waals surface area contributed by atoms with Crippen LogP contribution in [0.5, 0.6) is 0 Å². The summed E-state index contributed by atoms with van der Waals surface area (Å²) < 4.78 is 65.9. The molecule has 6 N–H and O–H groups in total. The molecule has 0 fully saturated rings. The molecule has 0 saturated carbocycles. The summed E-state index contributed by atoms with van der Waals surface area (Å²) in [5.41, 5.74) is 10.4. The molecule has 0 aliphatic carbocycles. The lowest BCUT2D eigenvalue weighted by molar-refractivity contribution is 0.475. The van der Waals surface area contributed by atoms with E-state index >= 15 is 0 Å². The molecule has 2 aromatic carbocycles. The first kappa shape index (κ1) is 19.2. The van der Waals surface area contributed by atoms with Crippen molar-refractivity contribution in [2.45, 2.75) is 29.1 Å². The number of hydrogen-bond acceptors (Lipinski definition) is 6. The van der Waals surface area contributed by atoms with E-state index in [-0.39, 0.29) is 22.5 Å². The van der Waals surface area contributed by atoms with Gasteiger partial charge in [0.2, 0.25) is 0 Å². The quantitative estimate of drug-likeness (QED) is 0.456. The molecular formula is C15H18N2O6S2. The number of rotatable bonds is 4. The fraction of sp³-hybridized carbons (Fsp3) is 0.200. The van der Waals surface area contributed by atoms with Crippen molar-refractivity contribution >= 4 is 31.6 Å². The molecule has 0 aliphatic rings. The predicted octanol–water partition coefficient (Wildman–Crippen LogP) is 1.67. The Morgan fingerprint density at radius 2 is 1.08 bits per heavy atom. The van der Waals surface area contributed by atoms with Crippen molar-refractivity contribution in [1.29, 1.82) is 0 Å². The predicted molar refractivity (Wildman–Crippen MR) is 93.5 cm³/mol. The zero-order valence-electron chi connectivity index (χ0n) is 13.5. The van der Waals surface area contributed by atoms with Crippen LogP contribution in [0.4, 0.5) is 11.4 Å². The summed E-state index contributed by atoms with van der Waals surface area (Å²) in [4.78, 5) is -0.897. The molecule has 0 saturated heterocycles. The van der Waals surface area contributed by atoms with Gasteiger partial charge in [0.25, 0.3) is 20.2 Å². The summed E-state index contributed by atoms with van der Waals surface area (Å²) >= 11 is 0. The van der Waals surface area contributed by atoms with E-state index in [2.05, 4.69) is 0 Å². The van der Waals surface area contributed by atoms with Crippen LogP contribution >= 0.6 is 0 Å². The van der Waals surface area contributed by atoms with Crippen molar-refractivity contribution in [3.05, 3.63) is 47.5 Å². The van der Waals surface area contributed by atoms with Gasteiger partial charge >= 0.3 is 0 Å². The second-order valence-corrected chi connectivity index (χ2v) is 8.87. The molecule has 0 atom stereocenters. The minimum Gasteiger partial charge on any atom is -0.399 e. The van der Waals surface area contributed by atoms with Crippen LogP contribution in [0.15, 0.2) is 46.2 Å². The number of benzene rings is 2. The molecule has 0 spiro atoms. The van der Waals surface area contributed by atoms with E-state index in [0.717, 1.165) is 12.1 Å². The van der Waals surface area contributed by atoms with E-state index in [9.17, 15) is 25.9 Å². The van der Waals surface area contributed by atoms with Crippen molar-refractivity contribution in [3.63, 3.8) is 0 Å². The molecular weight excluding hydrogens is 368 g/mol. The molecule has 0 radical (unpaired) electrons. The summed E-state index contributed by atoms with van der Waals surface area (Å²) in [7, 11) is -9.24. The lowest BCUT2D eigenvalue weighted by Gasteiger charge is -2.29. The van der Waals surface area contributed by atoms with E-state index in [1.165, 1.54) is 24.3 Å². The Hall–Kier alpha value is -2.14. The summed E-state index contributed by atoms with van der Waals surface area (Å²) in [6.45, 7) is 3.10. The van der Waals surface area contributed by atoms with Crippen molar-refractivity contribution in [2.75, 3.05) is 11.5 Å². The SMILES string of the molecule is CC(C)(c1ccc(N)cc1S(=O)(=O)O)c1ccc(N)cc1S(=O)(=O)O. The number of hydrogen-bond donors (Lipinski definition) is 4. The Labute approximate surface area is 146 Å². The Balaban J connectivity index is 2.87. The maximum atomic E-state index is 11.7. The van der Waals surface area contributed by atoms with Gasteiger partial charge in [-0.05, 0) is 35.4 Å². The van der Waals surface area contributed by atoms with Crippen LogP contribution in [0.25, 0.3) is 0 Å². The fourth-order valence-corrected chi connectivity index (χ4v) is 4.45. The van der Waals surface area contributed by atoms with E-state index in [0.29, 0.717) is 0 Å². The first-order valence-corrected chi connectivity index (χ1v) is 9.87. The van der Waals surface area contributed by atoms with Gasteiger partial charge in [0.05, 0.1) is 9.79 Å². The lowest BCUT2D eigenvalue weighted by atomic mass is 9.78. The molecule has 0 unspecified atom stereocenters. The van der Waals surface area contributed by atoms with Gasteiger partial charge < -0.3 is 11.5 Å². The smallest absolute Gasteiger partial charge is 0.294 e. The van der Waals surface area contributed by atoms with Crippen molar-refractivity contribution in [1.82, 2.24) is 0 Å². The fourth-order valence-electron chi connectivity index (χ4n) is 2.68. The Morgan fingerprint density at radius 3 is 1.36 bits per heavy atom. The van der Waals surface area contributed by atoms with Gasteiger partial charge in [0.15, 0.2) is 0 Å². The minimum atomic E-state index is -4.62. The summed E-state index contributed by atoms with van der Waals surface area (Å²) in [5.74, 6) is 0. The lowest BCUT2D eigenvalue weighted by Crippen LogP contribution is -2.25. The average Bonchev–Trinajstić information content (AvgIpc) is 2.44. The van der Waals surface area contributed by atoms with Crippen molar-refractivity contribution in [2.24, 2.45) is 0 Å². The van der Waals surface area contributed by atoms with Gasteiger partial charge in [0.1, 0.15) is 0 Å². The Morgan fingerprint density at radius 1 is 0.760 bits per heavy atom. The maximum Gasteiger partial charge on any atom is 0.294 e. The zero-order chi connectivity index (χ0) is 19.2. The summed E-state index contributed by atoms with van der Waals surface area (Å²) in [5, 5.41) is 0. The van der Waals surface area contributed by atoms with Gasteiger partial charge in [-0.1, -0.05) is 26.0 Å². The standard InChI is InChI=1S/C15H18N2O6S2/c1-15(2,11-5-3-9(16)7-13(11)24(18,19)20)12-6-4-10(17)8-14(12)25(21,22)23/h3-8H,16-17H2,1-2H3,(H,18,19,20)(H,21,22,23). The van der Waals surface area contributed by atoms with Gasteiger partial charge in [-0.25, -0.2) is 0 Å². The number of nitrogen functional groups attached to an aromatic ring is 2. The van der Waals surface area contributed by atoms with Gasteiger partial charge in [-0.2, -0.15) is 16.8 Å². The first-order chi connectivity index (χ1) is 11.2. The summed E-state index contributed by atoms with van der Waals surface area (Å²) in [6, 6.07) is 7.77. The molecule has 8 nitrogen and oxygen atoms in total. The second-order valence-electron chi connectivity index (χ2n) is 6.09. The van der Waals surface area contributed by atoms with E-state index < -0.39 is 35.4 Å². The van der Waals surface area contributed by atoms with Crippen LogP contribution in [0.3, 0.4) is 0 Å². The average molecular weight is 386 g/mol. The highest BCUT2D eigenvalue weighted by molar-refractivity contribution is 7.86. The molecule has 0 heterocycles. The zero-order valence-corrected chi connectivity index (χ0v) is 15.1. The highest BCUT2D eigenvalue weighted by Gasteiger charge is 2.34. The van der Waals surface area contributed by atoms with Crippen LogP contribution in [0, 0.1) is 0 Å². The highest BCUT2D eigenvalue weighted by atomic mass is 32.2. The van der Waals surface area contributed by atoms with Crippen LogP contribution in [-0.2, 0) is 25.7 Å². The number of anilines is 2. The third kappa shape index (κ3) is 3.76. The van der Waals surface area contributed by atoms with Gasteiger partial charge in [-0.15, -0.1) is 0 Å². The van der Waals surface area contributed by atoms with Crippen molar-refractivity contribution < 1.29 is 25.9 Å². The van der Waals surface area contributed by atoms with Crippen LogP contribution in [0.1, 0.15) is 25.0 Å². The Kier molecular flexibility index (Phi) is 4.60. The molecule has 10 heteroatoms. The van der Waals surface area contributed by atoms with Crippen LogP contribution < -0.4 is 11.5 Å². The van der Waals surface area contributed by atoms with Gasteiger partial charge in [-0.3, -0.25) is 9.11 Å². The van der Waals surface area contributed by atoms with Crippen LogP contribution in [0.2, 0.25) is 0 Å². The maximum absolute atomic E-state index is 11.7. The summed E-state index contributed by atoms with van der Waals surface area (Å²) in [6.07, 6.45) is 0. The van der Waals surface area contributed by atoms with Gasteiger partial charge in [0, 0.05) is 16.8 Å². The van der Waals surface area contributed by atoms with Crippen LogP contribution in [-0.4, -0.2) is 25.9 Å². The van der Waals surface area contributed by atoms with E-state index in [4.69, 9.17) is 11.5 Å². The minimum absolute atomic E-state index is 0.110. The normalized spacial score (nSPS) is 13.0. The molecule has 0 aromatic heterocycles. The third-order valence-electron chi connectivity index (χ3n) is 3.91. The molecule has 0 amide bonds. The van der Waals surface area contributed by atoms with E-state index in [1.54, 1.807) is 13.8 Å². The molecule has 2 aromatic rings. The second kappa shape index (κ2) is 5.99. The molecule has 25 heavy (non-hydrogen) atoms. The molecule has 2 rings (SSSR count). The highest BCUT2D eigenvalue weighted by Crippen LogP contribution is 2.39. The third-order valence-corrected chi connectivity index (χ3v) is 5.70. The monoisotopic (exact) mass is 386 g/mol. The molecule has 0 bridgehead atoms. The van der Waals surface area contributed by atoms with Crippen molar-refractivity contribution in [3.8, 4) is 0 Å². The first-order valence-electron chi connectivity index (χ1n) is 6.99.